The minimum Gasteiger partial charge on any atom is -0.288 e. The van der Waals surface area contributed by atoms with Gasteiger partial charge in [0.05, 0.1) is 16.5 Å². The maximum Gasteiger partial charge on any atom is 0.195 e. The molecular formula is C16H13NOS. The quantitative estimate of drug-likeness (QED) is 0.618. The summed E-state index contributed by atoms with van der Waals surface area (Å²) in [6, 6.07) is 13.1. The topological polar surface area (TPSA) is 40.9 Å². The Labute approximate surface area is 116 Å². The van der Waals surface area contributed by atoms with Crippen molar-refractivity contribution in [1.29, 1.82) is 5.26 Å². The largest absolute Gasteiger partial charge is 0.288 e. The molecule has 2 rings (SSSR count). The number of carbonyl (C=O) groups excluding carboxylic acids is 1. The van der Waals surface area contributed by atoms with E-state index in [1.165, 1.54) is 16.2 Å². The van der Waals surface area contributed by atoms with Crippen molar-refractivity contribution in [3.05, 3.63) is 63.4 Å². The fraction of sp³-hybridized carbons (Fsp3) is 0.125. The van der Waals surface area contributed by atoms with Crippen molar-refractivity contribution < 1.29 is 4.79 Å². The number of nitrogens with zero attached hydrogens (tertiary/aromatic N) is 1. The predicted octanol–water partition coefficient (Wildman–Crippen LogP) is 4.08. The van der Waals surface area contributed by atoms with Gasteiger partial charge in [0.15, 0.2) is 5.78 Å². The highest BCUT2D eigenvalue weighted by atomic mass is 32.1. The van der Waals surface area contributed by atoms with Gasteiger partial charge in [-0.15, -0.1) is 11.3 Å². The maximum absolute atomic E-state index is 12.0. The van der Waals surface area contributed by atoms with Crippen molar-refractivity contribution in [3.8, 4) is 6.07 Å². The summed E-state index contributed by atoms with van der Waals surface area (Å²) >= 11 is 1.53. The number of benzene rings is 1. The van der Waals surface area contributed by atoms with E-state index in [1.807, 2.05) is 24.3 Å². The molecule has 0 atom stereocenters. The summed E-state index contributed by atoms with van der Waals surface area (Å²) in [5.41, 5.74) is 1.46. The van der Waals surface area contributed by atoms with Gasteiger partial charge in [0, 0.05) is 4.88 Å². The minimum absolute atomic E-state index is 0.00654. The lowest BCUT2D eigenvalue weighted by molar-refractivity contribution is 0.105. The molecule has 0 bridgehead atoms. The zero-order valence-corrected chi connectivity index (χ0v) is 11.4. The second-order valence-corrected chi connectivity index (χ2v) is 5.22. The Hall–Kier alpha value is -2.18. The highest BCUT2D eigenvalue weighted by Crippen LogP contribution is 2.18. The Morgan fingerprint density at radius 1 is 1.37 bits per heavy atom. The molecule has 0 aliphatic rings. The van der Waals surface area contributed by atoms with E-state index >= 15 is 0 Å². The molecule has 0 aliphatic heterocycles. The average molecular weight is 267 g/mol. The summed E-state index contributed by atoms with van der Waals surface area (Å²) < 4.78 is 0. The summed E-state index contributed by atoms with van der Waals surface area (Å²) in [7, 11) is 0. The molecule has 19 heavy (non-hydrogen) atoms. The number of hydrogen-bond donors (Lipinski definition) is 0. The lowest BCUT2D eigenvalue weighted by Crippen LogP contribution is -1.88. The summed E-state index contributed by atoms with van der Waals surface area (Å²) in [6.45, 7) is 2.07. The monoisotopic (exact) mass is 267 g/mol. The van der Waals surface area contributed by atoms with Gasteiger partial charge in [0.25, 0.3) is 0 Å². The van der Waals surface area contributed by atoms with Gasteiger partial charge >= 0.3 is 0 Å². The lowest BCUT2D eigenvalue weighted by Gasteiger charge is -1.93. The van der Waals surface area contributed by atoms with Crippen molar-refractivity contribution in [2.24, 2.45) is 0 Å². The van der Waals surface area contributed by atoms with Crippen LogP contribution < -0.4 is 0 Å². The van der Waals surface area contributed by atoms with Gasteiger partial charge in [-0.25, -0.2) is 0 Å². The van der Waals surface area contributed by atoms with E-state index in [0.717, 1.165) is 16.9 Å². The summed E-state index contributed by atoms with van der Waals surface area (Å²) in [5.74, 6) is 0.00654. The first-order valence-corrected chi connectivity index (χ1v) is 6.86. The van der Waals surface area contributed by atoms with E-state index in [0.29, 0.717) is 5.56 Å². The zero-order valence-electron chi connectivity index (χ0n) is 10.6. The molecule has 2 aromatic rings. The third kappa shape index (κ3) is 3.40. The van der Waals surface area contributed by atoms with Crippen molar-refractivity contribution in [2.75, 3.05) is 0 Å². The van der Waals surface area contributed by atoms with Crippen LogP contribution in [0.1, 0.15) is 32.6 Å². The molecular weight excluding hydrogens is 254 g/mol. The Kier molecular flexibility index (Phi) is 4.27. The third-order valence-corrected chi connectivity index (χ3v) is 3.94. The number of carbonyl (C=O) groups is 1. The molecule has 94 valence electrons. The molecule has 1 heterocycles. The molecule has 0 saturated heterocycles. The van der Waals surface area contributed by atoms with E-state index in [-0.39, 0.29) is 5.78 Å². The van der Waals surface area contributed by atoms with Crippen LogP contribution in [0.2, 0.25) is 0 Å². The van der Waals surface area contributed by atoms with Crippen LogP contribution in [0.4, 0.5) is 0 Å². The van der Waals surface area contributed by atoms with Gasteiger partial charge in [-0.2, -0.15) is 5.26 Å². The first-order chi connectivity index (χ1) is 9.22. The summed E-state index contributed by atoms with van der Waals surface area (Å²) in [4.78, 5) is 13.9. The van der Waals surface area contributed by atoms with Crippen LogP contribution in [0.3, 0.4) is 0 Å². The van der Waals surface area contributed by atoms with Crippen LogP contribution in [0, 0.1) is 11.3 Å². The van der Waals surface area contributed by atoms with Gasteiger partial charge in [0.1, 0.15) is 0 Å². The zero-order chi connectivity index (χ0) is 13.7. The predicted molar refractivity (Wildman–Crippen MR) is 78.2 cm³/mol. The molecule has 1 aromatic carbocycles. The average Bonchev–Trinajstić information content (AvgIpc) is 2.94. The Morgan fingerprint density at radius 2 is 2.21 bits per heavy atom. The van der Waals surface area contributed by atoms with Crippen molar-refractivity contribution >= 4 is 23.2 Å². The molecule has 0 fully saturated rings. The Morgan fingerprint density at radius 3 is 2.89 bits per heavy atom. The number of ketones is 1. The maximum atomic E-state index is 12.0. The van der Waals surface area contributed by atoms with Crippen LogP contribution in [0.5, 0.6) is 0 Å². The van der Waals surface area contributed by atoms with Gasteiger partial charge in [-0.05, 0) is 42.3 Å². The molecule has 1 aromatic heterocycles. The van der Waals surface area contributed by atoms with E-state index in [9.17, 15) is 4.79 Å². The molecule has 2 nitrogen and oxygen atoms in total. The summed E-state index contributed by atoms with van der Waals surface area (Å²) in [6.07, 6.45) is 4.25. The van der Waals surface area contributed by atoms with E-state index in [4.69, 9.17) is 5.26 Å². The highest BCUT2D eigenvalue weighted by Gasteiger charge is 2.05. The van der Waals surface area contributed by atoms with Crippen LogP contribution in [0.25, 0.3) is 6.08 Å². The van der Waals surface area contributed by atoms with E-state index in [2.05, 4.69) is 13.0 Å². The van der Waals surface area contributed by atoms with Crippen LogP contribution in [-0.4, -0.2) is 5.78 Å². The molecule has 3 heteroatoms. The van der Waals surface area contributed by atoms with Crippen molar-refractivity contribution in [1.82, 2.24) is 0 Å². The van der Waals surface area contributed by atoms with Crippen LogP contribution >= 0.6 is 11.3 Å². The third-order valence-electron chi connectivity index (χ3n) is 2.70. The number of nitriles is 1. The summed E-state index contributed by atoms with van der Waals surface area (Å²) in [5, 5.41) is 8.81. The second-order valence-electron chi connectivity index (χ2n) is 4.05. The van der Waals surface area contributed by atoms with Crippen molar-refractivity contribution in [3.63, 3.8) is 0 Å². The van der Waals surface area contributed by atoms with Gasteiger partial charge in [-0.3, -0.25) is 4.79 Å². The van der Waals surface area contributed by atoms with Gasteiger partial charge < -0.3 is 0 Å². The molecule has 0 unspecified atom stereocenters. The molecule has 0 saturated carbocycles. The van der Waals surface area contributed by atoms with E-state index in [1.54, 1.807) is 24.3 Å². The highest BCUT2D eigenvalue weighted by molar-refractivity contribution is 7.14. The number of rotatable bonds is 4. The number of aryl methyl sites for hydroxylation is 1. The second kappa shape index (κ2) is 6.12. The van der Waals surface area contributed by atoms with Crippen LogP contribution in [-0.2, 0) is 6.42 Å². The molecule has 0 aliphatic carbocycles. The molecule has 0 spiro atoms. The first kappa shape index (κ1) is 13.3. The van der Waals surface area contributed by atoms with Gasteiger partial charge in [-0.1, -0.05) is 25.1 Å². The fourth-order valence-electron chi connectivity index (χ4n) is 1.67. The molecule has 0 amide bonds. The van der Waals surface area contributed by atoms with Gasteiger partial charge in [0.2, 0.25) is 0 Å². The first-order valence-electron chi connectivity index (χ1n) is 6.04. The lowest BCUT2D eigenvalue weighted by atomic mass is 10.1. The SMILES string of the molecule is CCc1ccc(C(=O)/C=C/c2cccc(C#N)c2)s1. The van der Waals surface area contributed by atoms with E-state index < -0.39 is 0 Å². The van der Waals surface area contributed by atoms with Crippen LogP contribution in [0.15, 0.2) is 42.5 Å². The standard InChI is InChI=1S/C16H13NOS/c1-2-14-7-9-16(19-14)15(18)8-6-12-4-3-5-13(10-12)11-17/h3-10H,2H2,1H3/b8-6+. The smallest absolute Gasteiger partial charge is 0.195 e. The fourth-order valence-corrected chi connectivity index (χ4v) is 2.53. The Bertz CT molecular complexity index is 661. The molecule has 0 radical (unpaired) electrons. The minimum atomic E-state index is 0.00654. The number of hydrogen-bond acceptors (Lipinski definition) is 3. The number of thiophene rings is 1. The van der Waals surface area contributed by atoms with Crippen molar-refractivity contribution in [2.45, 2.75) is 13.3 Å². The molecule has 0 N–H and O–H groups in total. The Balaban J connectivity index is 2.13. The normalized spacial score (nSPS) is 10.5. The number of allylic oxidation sites excluding steroid dienone is 1.